The number of aromatic nitrogens is 1. The molecule has 3 nitrogen and oxygen atoms in total. The maximum atomic E-state index is 10.6. The summed E-state index contributed by atoms with van der Waals surface area (Å²) in [5, 5.41) is 1.09. The van der Waals surface area contributed by atoms with Gasteiger partial charge in [0.15, 0.2) is 0 Å². The Balaban J connectivity index is 1.74. The number of hydrogen-bond acceptors (Lipinski definition) is 3. The lowest BCUT2D eigenvalue weighted by Gasteiger charge is -2.06. The highest BCUT2D eigenvalue weighted by Crippen LogP contribution is 2.17. The molecule has 0 unspecified atom stereocenters. The van der Waals surface area contributed by atoms with Crippen molar-refractivity contribution in [3.8, 4) is 5.88 Å². The molecule has 0 aliphatic carbocycles. The molecular formula is C17H13NO2. The van der Waals surface area contributed by atoms with Crippen molar-refractivity contribution in [1.29, 1.82) is 0 Å². The van der Waals surface area contributed by atoms with Gasteiger partial charge in [-0.2, -0.15) is 0 Å². The third-order valence-electron chi connectivity index (χ3n) is 3.08. The molecule has 1 heterocycles. The molecule has 0 amide bonds. The van der Waals surface area contributed by atoms with Gasteiger partial charge < -0.3 is 4.74 Å². The van der Waals surface area contributed by atoms with Gasteiger partial charge in [0.1, 0.15) is 12.9 Å². The second kappa shape index (κ2) is 5.53. The third kappa shape index (κ3) is 2.67. The zero-order chi connectivity index (χ0) is 13.8. The van der Waals surface area contributed by atoms with Crippen molar-refractivity contribution in [2.24, 2.45) is 0 Å². The highest BCUT2D eigenvalue weighted by molar-refractivity contribution is 5.78. The number of benzene rings is 2. The van der Waals surface area contributed by atoms with Gasteiger partial charge in [0.2, 0.25) is 5.88 Å². The molecule has 0 saturated heterocycles. The normalized spacial score (nSPS) is 10.4. The SMILES string of the molecule is O=Cc1ccc(COc2ccc3ccccc3n2)cc1. The van der Waals surface area contributed by atoms with Gasteiger partial charge in [-0.3, -0.25) is 4.79 Å². The Morgan fingerprint density at radius 3 is 2.55 bits per heavy atom. The third-order valence-corrected chi connectivity index (χ3v) is 3.08. The van der Waals surface area contributed by atoms with Crippen LogP contribution in [0.4, 0.5) is 0 Å². The molecule has 3 rings (SSSR count). The van der Waals surface area contributed by atoms with Gasteiger partial charge in [-0.1, -0.05) is 42.5 Å². The summed E-state index contributed by atoms with van der Waals surface area (Å²) in [6, 6.07) is 19.1. The van der Waals surface area contributed by atoms with Crippen LogP contribution in [0.3, 0.4) is 0 Å². The number of fused-ring (bicyclic) bond motifs is 1. The molecule has 0 bridgehead atoms. The lowest BCUT2D eigenvalue weighted by Crippen LogP contribution is -1.97. The van der Waals surface area contributed by atoms with Crippen LogP contribution in [0, 0.1) is 0 Å². The molecule has 0 atom stereocenters. The Kier molecular flexibility index (Phi) is 3.42. The van der Waals surface area contributed by atoms with E-state index in [-0.39, 0.29) is 0 Å². The van der Waals surface area contributed by atoms with Crippen molar-refractivity contribution in [2.75, 3.05) is 0 Å². The van der Waals surface area contributed by atoms with E-state index in [2.05, 4.69) is 4.98 Å². The molecule has 2 aromatic carbocycles. The smallest absolute Gasteiger partial charge is 0.214 e. The average molecular weight is 263 g/mol. The molecule has 0 fully saturated rings. The van der Waals surface area contributed by atoms with Gasteiger partial charge >= 0.3 is 0 Å². The number of carbonyl (C=O) groups is 1. The van der Waals surface area contributed by atoms with Gasteiger partial charge in [-0.25, -0.2) is 4.98 Å². The van der Waals surface area contributed by atoms with Crippen molar-refractivity contribution in [1.82, 2.24) is 4.98 Å². The molecule has 0 aliphatic rings. The first-order valence-electron chi connectivity index (χ1n) is 6.38. The van der Waals surface area contributed by atoms with E-state index in [1.54, 1.807) is 12.1 Å². The van der Waals surface area contributed by atoms with Crippen LogP contribution in [0.2, 0.25) is 0 Å². The monoisotopic (exact) mass is 263 g/mol. The number of aldehydes is 1. The lowest BCUT2D eigenvalue weighted by atomic mass is 10.2. The maximum Gasteiger partial charge on any atom is 0.214 e. The molecule has 0 spiro atoms. The van der Waals surface area contributed by atoms with E-state index < -0.39 is 0 Å². The Labute approximate surface area is 116 Å². The van der Waals surface area contributed by atoms with Crippen molar-refractivity contribution in [2.45, 2.75) is 6.61 Å². The largest absolute Gasteiger partial charge is 0.473 e. The van der Waals surface area contributed by atoms with E-state index in [1.165, 1.54) is 0 Å². The number of carbonyl (C=O) groups excluding carboxylic acids is 1. The summed E-state index contributed by atoms with van der Waals surface area (Å²) in [5.74, 6) is 0.600. The Morgan fingerprint density at radius 1 is 0.950 bits per heavy atom. The van der Waals surface area contributed by atoms with E-state index in [9.17, 15) is 4.79 Å². The number of pyridine rings is 1. The molecule has 0 aliphatic heterocycles. The van der Waals surface area contributed by atoms with E-state index in [1.807, 2.05) is 48.5 Å². The minimum atomic E-state index is 0.435. The fourth-order valence-corrected chi connectivity index (χ4v) is 1.98. The summed E-state index contributed by atoms with van der Waals surface area (Å²) < 4.78 is 5.67. The summed E-state index contributed by atoms with van der Waals surface area (Å²) in [4.78, 5) is 15.0. The van der Waals surface area contributed by atoms with Crippen molar-refractivity contribution in [3.63, 3.8) is 0 Å². The predicted octanol–water partition coefficient (Wildman–Crippen LogP) is 3.63. The fraction of sp³-hybridized carbons (Fsp3) is 0.0588. The zero-order valence-corrected chi connectivity index (χ0v) is 10.8. The highest BCUT2D eigenvalue weighted by atomic mass is 16.5. The van der Waals surface area contributed by atoms with Crippen LogP contribution in [0.25, 0.3) is 10.9 Å². The molecule has 0 radical (unpaired) electrons. The van der Waals surface area contributed by atoms with Crippen molar-refractivity contribution in [3.05, 3.63) is 71.8 Å². The summed E-state index contributed by atoms with van der Waals surface area (Å²) >= 11 is 0. The first kappa shape index (κ1) is 12.4. The number of nitrogens with zero attached hydrogens (tertiary/aromatic N) is 1. The second-order valence-corrected chi connectivity index (χ2v) is 4.49. The standard InChI is InChI=1S/C17H13NO2/c19-11-13-5-7-14(8-6-13)12-20-17-10-9-15-3-1-2-4-16(15)18-17/h1-11H,12H2. The Morgan fingerprint density at radius 2 is 1.75 bits per heavy atom. The number of hydrogen-bond donors (Lipinski definition) is 0. The Hall–Kier alpha value is -2.68. The molecule has 0 N–H and O–H groups in total. The Bertz CT molecular complexity index is 735. The van der Waals surface area contributed by atoms with E-state index in [4.69, 9.17) is 4.74 Å². The van der Waals surface area contributed by atoms with Gasteiger partial charge in [0.05, 0.1) is 5.52 Å². The van der Waals surface area contributed by atoms with E-state index >= 15 is 0 Å². The first-order valence-corrected chi connectivity index (χ1v) is 6.38. The van der Waals surface area contributed by atoms with Crippen LogP contribution in [0.1, 0.15) is 15.9 Å². The quantitative estimate of drug-likeness (QED) is 0.675. The summed E-state index contributed by atoms with van der Waals surface area (Å²) in [5.41, 5.74) is 2.59. The molecule has 3 aromatic rings. The minimum absolute atomic E-state index is 0.435. The average Bonchev–Trinajstić information content (AvgIpc) is 2.53. The fourth-order valence-electron chi connectivity index (χ4n) is 1.98. The molecule has 98 valence electrons. The predicted molar refractivity (Wildman–Crippen MR) is 77.9 cm³/mol. The molecule has 3 heteroatoms. The summed E-state index contributed by atoms with van der Waals surface area (Å²) in [6.45, 7) is 0.435. The lowest BCUT2D eigenvalue weighted by molar-refractivity contribution is 0.112. The van der Waals surface area contributed by atoms with Crippen LogP contribution in [-0.2, 0) is 6.61 Å². The van der Waals surface area contributed by atoms with Gasteiger partial charge in [-0.15, -0.1) is 0 Å². The molecule has 20 heavy (non-hydrogen) atoms. The van der Waals surface area contributed by atoms with Gasteiger partial charge in [-0.05, 0) is 17.7 Å². The molecular weight excluding hydrogens is 250 g/mol. The first-order chi connectivity index (χ1) is 9.85. The molecule has 1 aromatic heterocycles. The van der Waals surface area contributed by atoms with Gasteiger partial charge in [0, 0.05) is 17.0 Å². The van der Waals surface area contributed by atoms with Crippen LogP contribution in [-0.4, -0.2) is 11.3 Å². The van der Waals surface area contributed by atoms with Crippen LogP contribution in [0.15, 0.2) is 60.7 Å². The van der Waals surface area contributed by atoms with Crippen LogP contribution >= 0.6 is 0 Å². The summed E-state index contributed by atoms with van der Waals surface area (Å²) in [6.07, 6.45) is 0.829. The minimum Gasteiger partial charge on any atom is -0.473 e. The summed E-state index contributed by atoms with van der Waals surface area (Å²) in [7, 11) is 0. The van der Waals surface area contributed by atoms with Gasteiger partial charge in [0.25, 0.3) is 0 Å². The van der Waals surface area contributed by atoms with E-state index in [0.29, 0.717) is 18.1 Å². The number of rotatable bonds is 4. The highest BCUT2D eigenvalue weighted by Gasteiger charge is 2.00. The van der Waals surface area contributed by atoms with E-state index in [0.717, 1.165) is 22.8 Å². The maximum absolute atomic E-state index is 10.6. The molecule has 0 saturated carbocycles. The van der Waals surface area contributed by atoms with Crippen LogP contribution in [0.5, 0.6) is 5.88 Å². The number of ether oxygens (including phenoxy) is 1. The topological polar surface area (TPSA) is 39.2 Å². The zero-order valence-electron chi connectivity index (χ0n) is 10.8. The van der Waals surface area contributed by atoms with Crippen molar-refractivity contribution < 1.29 is 9.53 Å². The van der Waals surface area contributed by atoms with Crippen molar-refractivity contribution >= 4 is 17.2 Å². The van der Waals surface area contributed by atoms with Crippen LogP contribution < -0.4 is 4.74 Å². The second-order valence-electron chi connectivity index (χ2n) is 4.49. The number of para-hydroxylation sites is 1.